The molecule has 0 saturated carbocycles. The smallest absolute Gasteiger partial charge is 0.337 e. The molecule has 0 atom stereocenters. The van der Waals surface area contributed by atoms with Crippen LogP contribution in [0.3, 0.4) is 0 Å². The monoisotopic (exact) mass is 395 g/mol. The lowest BCUT2D eigenvalue weighted by Gasteiger charge is -2.16. The molecule has 0 spiro atoms. The number of nitrogens with two attached hydrogens (primary N) is 1. The maximum atomic E-state index is 14.3. The van der Waals surface area contributed by atoms with Gasteiger partial charge in [-0.1, -0.05) is 12.8 Å². The fourth-order valence-corrected chi connectivity index (χ4v) is 3.64. The van der Waals surface area contributed by atoms with E-state index in [2.05, 4.69) is 0 Å². The summed E-state index contributed by atoms with van der Waals surface area (Å²) in [4.78, 5) is 23.8. The minimum absolute atomic E-state index is 0.284. The van der Waals surface area contributed by atoms with E-state index < -0.39 is 17.1 Å². The van der Waals surface area contributed by atoms with Crippen molar-refractivity contribution in [3.63, 3.8) is 0 Å². The van der Waals surface area contributed by atoms with Crippen LogP contribution in [0.2, 0.25) is 0 Å². The SMILES string of the molecule is Cc1cc(F)c2c(SCCCCCCOC(=O)C(C)(C)N)cc(=O)oc2c1. The minimum atomic E-state index is -0.963. The van der Waals surface area contributed by atoms with Gasteiger partial charge < -0.3 is 14.9 Å². The van der Waals surface area contributed by atoms with Gasteiger partial charge >= 0.3 is 11.6 Å². The summed E-state index contributed by atoms with van der Waals surface area (Å²) in [5, 5.41) is 0.363. The normalized spacial score (nSPS) is 11.7. The number of carbonyl (C=O) groups excluding carboxylic acids is 1. The van der Waals surface area contributed by atoms with E-state index in [1.54, 1.807) is 26.8 Å². The van der Waals surface area contributed by atoms with Crippen LogP contribution in [0.5, 0.6) is 0 Å². The van der Waals surface area contributed by atoms with Gasteiger partial charge in [-0.05, 0) is 57.1 Å². The Kier molecular flexibility index (Phi) is 7.44. The van der Waals surface area contributed by atoms with Crippen molar-refractivity contribution in [1.29, 1.82) is 0 Å². The summed E-state index contributed by atoms with van der Waals surface area (Å²) in [6.45, 7) is 5.35. The van der Waals surface area contributed by atoms with Crippen LogP contribution < -0.4 is 11.4 Å². The highest BCUT2D eigenvalue weighted by atomic mass is 32.2. The summed E-state index contributed by atoms with van der Waals surface area (Å²) in [5.74, 6) is -0.00686. The molecule has 0 radical (unpaired) electrons. The molecule has 5 nitrogen and oxygen atoms in total. The molecule has 2 aromatic rings. The van der Waals surface area contributed by atoms with Crippen LogP contribution in [0.1, 0.15) is 45.1 Å². The number of unbranched alkanes of at least 4 members (excludes halogenated alkanes) is 3. The molecule has 0 aliphatic carbocycles. The fraction of sp³-hybridized carbons (Fsp3) is 0.500. The second kappa shape index (κ2) is 9.37. The van der Waals surface area contributed by atoms with Gasteiger partial charge in [-0.25, -0.2) is 9.18 Å². The summed E-state index contributed by atoms with van der Waals surface area (Å²) in [7, 11) is 0. The fourth-order valence-electron chi connectivity index (χ4n) is 2.55. The van der Waals surface area contributed by atoms with Crippen LogP contribution in [0.25, 0.3) is 11.0 Å². The first-order chi connectivity index (χ1) is 12.7. The van der Waals surface area contributed by atoms with Gasteiger partial charge in [0.15, 0.2) is 0 Å². The average molecular weight is 395 g/mol. The van der Waals surface area contributed by atoms with E-state index in [1.807, 2.05) is 0 Å². The molecule has 0 aliphatic rings. The lowest BCUT2D eigenvalue weighted by atomic mass is 10.1. The van der Waals surface area contributed by atoms with E-state index in [0.717, 1.165) is 31.4 Å². The second-order valence-corrected chi connectivity index (χ2v) is 8.31. The van der Waals surface area contributed by atoms with Gasteiger partial charge in [0.25, 0.3) is 0 Å². The topological polar surface area (TPSA) is 82.5 Å². The molecule has 1 aromatic heterocycles. The van der Waals surface area contributed by atoms with Gasteiger partial charge in [0.05, 0.1) is 12.0 Å². The van der Waals surface area contributed by atoms with Crippen molar-refractivity contribution in [3.05, 3.63) is 40.0 Å². The first kappa shape index (κ1) is 21.4. The number of esters is 1. The molecule has 148 valence electrons. The third kappa shape index (κ3) is 6.36. The Balaban J connectivity index is 1.78. The average Bonchev–Trinajstić information content (AvgIpc) is 2.54. The molecule has 2 N–H and O–H groups in total. The Bertz CT molecular complexity index is 857. The summed E-state index contributed by atoms with van der Waals surface area (Å²) in [5.41, 5.74) is 5.21. The standard InChI is InChI=1S/C20H26FNO4S/c1-13-10-14(21)18-15(11-13)26-17(23)12-16(18)27-9-7-5-4-6-8-25-19(24)20(2,3)22/h10-12H,4-9,22H2,1-3H3. The van der Waals surface area contributed by atoms with Gasteiger partial charge in [0, 0.05) is 11.0 Å². The maximum absolute atomic E-state index is 14.3. The molecule has 1 aromatic carbocycles. The van der Waals surface area contributed by atoms with Gasteiger partial charge in [0.1, 0.15) is 16.9 Å². The lowest BCUT2D eigenvalue weighted by molar-refractivity contribution is -0.148. The van der Waals surface area contributed by atoms with E-state index in [9.17, 15) is 14.0 Å². The highest BCUT2D eigenvalue weighted by Gasteiger charge is 2.23. The summed E-state index contributed by atoms with van der Waals surface area (Å²) >= 11 is 1.45. The van der Waals surface area contributed by atoms with Crippen molar-refractivity contribution >= 4 is 28.7 Å². The molecule has 1 heterocycles. The zero-order chi connectivity index (χ0) is 20.0. The Morgan fingerprint density at radius 1 is 1.22 bits per heavy atom. The van der Waals surface area contributed by atoms with Crippen LogP contribution in [0, 0.1) is 12.7 Å². The largest absolute Gasteiger partial charge is 0.464 e. The van der Waals surface area contributed by atoms with Crippen molar-refractivity contribution < 1.29 is 18.3 Å². The summed E-state index contributed by atoms with van der Waals surface area (Å²) < 4.78 is 24.5. The zero-order valence-electron chi connectivity index (χ0n) is 16.0. The molecular formula is C20H26FNO4S. The van der Waals surface area contributed by atoms with Gasteiger partial charge in [-0.3, -0.25) is 4.79 Å². The van der Waals surface area contributed by atoms with Crippen LogP contribution in [-0.4, -0.2) is 23.9 Å². The number of ether oxygens (including phenoxy) is 1. The van der Waals surface area contributed by atoms with Crippen LogP contribution in [0.15, 0.2) is 32.3 Å². The molecule has 7 heteroatoms. The quantitative estimate of drug-likeness (QED) is 0.297. The van der Waals surface area contributed by atoms with Crippen LogP contribution >= 0.6 is 11.8 Å². The molecule has 0 amide bonds. The number of hydrogen-bond acceptors (Lipinski definition) is 6. The van der Waals surface area contributed by atoms with E-state index in [0.29, 0.717) is 22.5 Å². The molecular weight excluding hydrogens is 369 g/mol. The predicted molar refractivity (Wildman–Crippen MR) is 106 cm³/mol. The van der Waals surface area contributed by atoms with Crippen LogP contribution in [-0.2, 0) is 9.53 Å². The van der Waals surface area contributed by atoms with Crippen LogP contribution in [0.4, 0.5) is 4.39 Å². The molecule has 0 saturated heterocycles. The number of halogens is 1. The number of aryl methyl sites for hydroxylation is 1. The number of benzene rings is 1. The molecule has 27 heavy (non-hydrogen) atoms. The predicted octanol–water partition coefficient (Wildman–Crippen LogP) is 4.17. The molecule has 0 aliphatic heterocycles. The number of thioether (sulfide) groups is 1. The first-order valence-corrected chi connectivity index (χ1v) is 10.00. The van der Waals surface area contributed by atoms with Gasteiger partial charge in [-0.2, -0.15) is 0 Å². The van der Waals surface area contributed by atoms with Crippen molar-refractivity contribution in [2.24, 2.45) is 5.73 Å². The number of rotatable bonds is 9. The van der Waals surface area contributed by atoms with E-state index >= 15 is 0 Å². The van der Waals surface area contributed by atoms with Gasteiger partial charge in [0.2, 0.25) is 0 Å². The first-order valence-electron chi connectivity index (χ1n) is 9.01. The van der Waals surface area contributed by atoms with Crippen molar-refractivity contribution in [1.82, 2.24) is 0 Å². The van der Waals surface area contributed by atoms with Crippen molar-refractivity contribution in [2.45, 2.75) is 56.9 Å². The number of carbonyl (C=O) groups is 1. The highest BCUT2D eigenvalue weighted by Crippen LogP contribution is 2.30. The second-order valence-electron chi connectivity index (χ2n) is 7.17. The minimum Gasteiger partial charge on any atom is -0.464 e. The van der Waals surface area contributed by atoms with Crippen molar-refractivity contribution in [3.8, 4) is 0 Å². The Labute approximate surface area is 162 Å². The lowest BCUT2D eigenvalue weighted by Crippen LogP contribution is -2.42. The molecule has 0 bridgehead atoms. The third-order valence-corrected chi connectivity index (χ3v) is 5.09. The molecule has 0 fully saturated rings. The van der Waals surface area contributed by atoms with E-state index in [1.165, 1.54) is 23.9 Å². The molecule has 2 rings (SSSR count). The molecule has 0 unspecified atom stereocenters. The number of hydrogen-bond donors (Lipinski definition) is 1. The third-order valence-electron chi connectivity index (χ3n) is 3.96. The Morgan fingerprint density at radius 3 is 2.63 bits per heavy atom. The summed E-state index contributed by atoms with van der Waals surface area (Å²) in [6, 6.07) is 4.46. The highest BCUT2D eigenvalue weighted by molar-refractivity contribution is 7.99. The summed E-state index contributed by atoms with van der Waals surface area (Å²) in [6.07, 6.45) is 3.57. The van der Waals surface area contributed by atoms with E-state index in [-0.39, 0.29) is 11.4 Å². The van der Waals surface area contributed by atoms with Crippen molar-refractivity contribution in [2.75, 3.05) is 12.4 Å². The maximum Gasteiger partial charge on any atom is 0.337 e. The van der Waals surface area contributed by atoms with E-state index in [4.69, 9.17) is 14.9 Å². The Hall–Kier alpha value is -1.86. The zero-order valence-corrected chi connectivity index (χ0v) is 16.8. The Morgan fingerprint density at radius 2 is 1.93 bits per heavy atom. The number of fused-ring (bicyclic) bond motifs is 1. The van der Waals surface area contributed by atoms with Gasteiger partial charge in [-0.15, -0.1) is 11.8 Å².